The van der Waals surface area contributed by atoms with Gasteiger partial charge >= 0.3 is 0 Å². The number of piperidine rings is 1. The van der Waals surface area contributed by atoms with Crippen molar-refractivity contribution in [1.29, 1.82) is 0 Å². The van der Waals surface area contributed by atoms with E-state index in [2.05, 4.69) is 69.0 Å². The van der Waals surface area contributed by atoms with E-state index in [1.54, 1.807) is 0 Å². The molecule has 3 heterocycles. The zero-order valence-electron chi connectivity index (χ0n) is 16.3. The Bertz CT molecular complexity index is 1030. The van der Waals surface area contributed by atoms with Gasteiger partial charge in [-0.2, -0.15) is 0 Å². The molecule has 5 rings (SSSR count). The molecular formula is C22H24N6S. The lowest BCUT2D eigenvalue weighted by molar-refractivity contribution is 0.197. The minimum Gasteiger partial charge on any atom is -0.296 e. The first-order valence-corrected chi connectivity index (χ1v) is 11.0. The van der Waals surface area contributed by atoms with Crippen LogP contribution in [0.25, 0.3) is 10.2 Å². The van der Waals surface area contributed by atoms with Crippen LogP contribution in [0.15, 0.2) is 54.6 Å². The first-order chi connectivity index (χ1) is 14.3. The van der Waals surface area contributed by atoms with Crippen molar-refractivity contribution < 1.29 is 0 Å². The summed E-state index contributed by atoms with van der Waals surface area (Å²) in [6, 6.07) is 18.9. The highest BCUT2D eigenvalue weighted by Crippen LogP contribution is 2.34. The van der Waals surface area contributed by atoms with Crippen molar-refractivity contribution in [2.75, 3.05) is 13.1 Å². The van der Waals surface area contributed by atoms with Gasteiger partial charge in [0.1, 0.15) is 0 Å². The minimum absolute atomic E-state index is 0.567. The summed E-state index contributed by atoms with van der Waals surface area (Å²) in [5.74, 6) is 1.53. The second-order valence-corrected chi connectivity index (χ2v) is 8.69. The normalized spacial score (nSPS) is 15.9. The third kappa shape index (κ3) is 4.21. The molecule has 1 saturated heterocycles. The summed E-state index contributed by atoms with van der Waals surface area (Å²) in [7, 11) is 0. The summed E-state index contributed by atoms with van der Waals surface area (Å²) in [4.78, 5) is 7.33. The van der Waals surface area contributed by atoms with E-state index in [1.807, 2.05) is 22.1 Å². The van der Waals surface area contributed by atoms with Crippen LogP contribution in [0.3, 0.4) is 0 Å². The van der Waals surface area contributed by atoms with Gasteiger partial charge in [-0.25, -0.2) is 9.67 Å². The number of para-hydroxylation sites is 1. The molecule has 7 heteroatoms. The van der Waals surface area contributed by atoms with E-state index >= 15 is 0 Å². The summed E-state index contributed by atoms with van der Waals surface area (Å²) in [6.45, 7) is 3.75. The minimum atomic E-state index is 0.567. The van der Waals surface area contributed by atoms with Gasteiger partial charge in [0.2, 0.25) is 0 Å². The molecule has 0 atom stereocenters. The Morgan fingerprint density at radius 3 is 2.59 bits per heavy atom. The van der Waals surface area contributed by atoms with Gasteiger partial charge in [-0.15, -0.1) is 16.4 Å². The average molecular weight is 405 g/mol. The highest BCUT2D eigenvalue weighted by Gasteiger charge is 2.24. The number of likely N-dealkylation sites (tertiary alicyclic amines) is 1. The van der Waals surface area contributed by atoms with Crippen LogP contribution >= 0.6 is 11.3 Å². The van der Waals surface area contributed by atoms with E-state index < -0.39 is 0 Å². The Morgan fingerprint density at radius 2 is 1.76 bits per heavy atom. The van der Waals surface area contributed by atoms with E-state index in [-0.39, 0.29) is 0 Å². The van der Waals surface area contributed by atoms with Crippen LogP contribution in [0.5, 0.6) is 0 Å². The van der Waals surface area contributed by atoms with Gasteiger partial charge in [0, 0.05) is 12.5 Å². The van der Waals surface area contributed by atoms with Gasteiger partial charge in [-0.05, 0) is 60.5 Å². The van der Waals surface area contributed by atoms with Crippen LogP contribution in [0, 0.1) is 0 Å². The number of rotatable bonds is 6. The van der Waals surface area contributed by atoms with Gasteiger partial charge in [0.05, 0.1) is 21.8 Å². The highest BCUT2D eigenvalue weighted by atomic mass is 32.1. The maximum Gasteiger partial charge on any atom is 0.165 e. The molecule has 0 bridgehead atoms. The number of aromatic nitrogens is 5. The molecule has 0 aliphatic carbocycles. The van der Waals surface area contributed by atoms with Crippen molar-refractivity contribution in [2.45, 2.75) is 38.3 Å². The van der Waals surface area contributed by atoms with Crippen molar-refractivity contribution in [2.24, 2.45) is 0 Å². The van der Waals surface area contributed by atoms with Gasteiger partial charge in [0.15, 0.2) is 5.82 Å². The Labute approximate surface area is 174 Å². The van der Waals surface area contributed by atoms with Crippen LogP contribution in [-0.2, 0) is 19.5 Å². The zero-order chi connectivity index (χ0) is 19.5. The fourth-order valence-electron chi connectivity index (χ4n) is 3.99. The van der Waals surface area contributed by atoms with Gasteiger partial charge in [-0.3, -0.25) is 4.90 Å². The number of hydrogen-bond donors (Lipinski definition) is 0. The molecule has 1 fully saturated rings. The molecule has 0 N–H and O–H groups in total. The summed E-state index contributed by atoms with van der Waals surface area (Å²) in [5, 5.41) is 13.7. The van der Waals surface area contributed by atoms with E-state index in [0.29, 0.717) is 5.92 Å². The molecule has 2 aromatic carbocycles. The lowest BCUT2D eigenvalue weighted by atomic mass is 9.97. The third-order valence-corrected chi connectivity index (χ3v) is 6.87. The van der Waals surface area contributed by atoms with Crippen LogP contribution in [0.1, 0.15) is 35.2 Å². The van der Waals surface area contributed by atoms with Gasteiger partial charge < -0.3 is 0 Å². The molecule has 2 aromatic heterocycles. The van der Waals surface area contributed by atoms with E-state index in [0.717, 1.165) is 56.8 Å². The summed E-state index contributed by atoms with van der Waals surface area (Å²) in [5.41, 5.74) is 2.44. The molecule has 1 aliphatic heterocycles. The van der Waals surface area contributed by atoms with Crippen molar-refractivity contribution in [3.05, 3.63) is 71.0 Å². The third-order valence-electron chi connectivity index (χ3n) is 5.67. The highest BCUT2D eigenvalue weighted by molar-refractivity contribution is 7.18. The monoisotopic (exact) mass is 404 g/mol. The fourth-order valence-corrected chi connectivity index (χ4v) is 5.13. The number of aryl methyl sites for hydroxylation is 2. The van der Waals surface area contributed by atoms with E-state index in [9.17, 15) is 0 Å². The lowest BCUT2D eigenvalue weighted by Gasteiger charge is -2.30. The molecule has 0 amide bonds. The molecule has 6 nitrogen and oxygen atoms in total. The molecule has 0 radical (unpaired) electrons. The Kier molecular flexibility index (Phi) is 5.32. The number of hydrogen-bond acceptors (Lipinski definition) is 6. The van der Waals surface area contributed by atoms with Crippen LogP contribution in [-0.4, -0.2) is 43.2 Å². The summed E-state index contributed by atoms with van der Waals surface area (Å²) in [6.07, 6.45) is 3.23. The Hall–Kier alpha value is -2.64. The predicted molar refractivity (Wildman–Crippen MR) is 115 cm³/mol. The first-order valence-electron chi connectivity index (χ1n) is 10.2. The predicted octanol–water partition coefficient (Wildman–Crippen LogP) is 3.91. The molecule has 4 aromatic rings. The molecule has 0 spiro atoms. The Balaban J connectivity index is 1.17. The number of benzene rings is 2. The smallest absolute Gasteiger partial charge is 0.165 e. The lowest BCUT2D eigenvalue weighted by Crippen LogP contribution is -2.33. The van der Waals surface area contributed by atoms with Gasteiger partial charge in [-0.1, -0.05) is 42.5 Å². The maximum atomic E-state index is 4.87. The maximum absolute atomic E-state index is 4.87. The quantitative estimate of drug-likeness (QED) is 0.488. The van der Waals surface area contributed by atoms with Crippen LogP contribution < -0.4 is 0 Å². The van der Waals surface area contributed by atoms with Crippen molar-refractivity contribution in [3.63, 3.8) is 0 Å². The fraction of sp³-hybridized carbons (Fsp3) is 0.364. The number of fused-ring (bicyclic) bond motifs is 1. The van der Waals surface area contributed by atoms with Crippen LogP contribution in [0.4, 0.5) is 0 Å². The van der Waals surface area contributed by atoms with E-state index in [4.69, 9.17) is 4.98 Å². The van der Waals surface area contributed by atoms with Gasteiger partial charge in [0.25, 0.3) is 0 Å². The van der Waals surface area contributed by atoms with Crippen LogP contribution in [0.2, 0.25) is 0 Å². The molecule has 148 valence electrons. The zero-order valence-corrected chi connectivity index (χ0v) is 17.1. The largest absolute Gasteiger partial charge is 0.296 e. The Morgan fingerprint density at radius 1 is 0.966 bits per heavy atom. The topological polar surface area (TPSA) is 59.7 Å². The molecular weight excluding hydrogens is 380 g/mol. The van der Waals surface area contributed by atoms with Crippen molar-refractivity contribution >= 4 is 21.6 Å². The molecule has 0 unspecified atom stereocenters. The SMILES string of the molecule is c1ccc(CCn2nnnc2CN2CCC(c3nc4ccccc4s3)CC2)cc1. The first kappa shape index (κ1) is 18.4. The van der Waals surface area contributed by atoms with Crippen molar-refractivity contribution in [1.82, 2.24) is 30.1 Å². The number of tetrazole rings is 1. The standard InChI is InChI=1S/C22H24N6S/c1-2-6-17(7-3-1)10-15-28-21(24-25-26-28)16-27-13-11-18(12-14-27)22-23-19-8-4-5-9-20(19)29-22/h1-9,18H,10-16H2. The second kappa shape index (κ2) is 8.39. The van der Waals surface area contributed by atoms with E-state index in [1.165, 1.54) is 15.3 Å². The molecule has 0 saturated carbocycles. The summed E-state index contributed by atoms with van der Waals surface area (Å²) < 4.78 is 3.25. The number of nitrogens with zero attached hydrogens (tertiary/aromatic N) is 6. The second-order valence-electron chi connectivity index (χ2n) is 7.62. The average Bonchev–Trinajstić information content (AvgIpc) is 3.40. The summed E-state index contributed by atoms with van der Waals surface area (Å²) >= 11 is 1.85. The molecule has 1 aliphatic rings. The number of thiazole rings is 1. The van der Waals surface area contributed by atoms with Crippen molar-refractivity contribution in [3.8, 4) is 0 Å². The molecule has 29 heavy (non-hydrogen) atoms.